The van der Waals surface area contributed by atoms with Gasteiger partial charge in [0, 0.05) is 18.1 Å². The number of piperidine rings is 1. The molecule has 1 fully saturated rings. The second-order valence-corrected chi connectivity index (χ2v) is 6.55. The fraction of sp³-hybridized carbons (Fsp3) is 0.375. The van der Waals surface area contributed by atoms with Crippen LogP contribution < -0.4 is 21.1 Å². The number of hydrogen-bond acceptors (Lipinski definition) is 4. The second-order valence-electron chi connectivity index (χ2n) is 6.55. The van der Waals surface area contributed by atoms with Crippen molar-refractivity contribution in [2.45, 2.75) is 24.9 Å². The van der Waals surface area contributed by atoms with E-state index in [-0.39, 0.29) is 22.8 Å². The van der Waals surface area contributed by atoms with Crippen LogP contribution in [0.3, 0.4) is 0 Å². The van der Waals surface area contributed by atoms with Gasteiger partial charge in [-0.05, 0) is 32.0 Å². The molecule has 0 atom stereocenters. The van der Waals surface area contributed by atoms with Gasteiger partial charge in [-0.15, -0.1) is 0 Å². The highest BCUT2D eigenvalue weighted by atomic mass is 19.4. The highest BCUT2D eigenvalue weighted by Crippen LogP contribution is 2.33. The van der Waals surface area contributed by atoms with E-state index in [0.717, 1.165) is 32.0 Å². The summed E-state index contributed by atoms with van der Waals surface area (Å²) in [6.07, 6.45) is -3.24. The Morgan fingerprint density at radius 1 is 1.15 bits per heavy atom. The van der Waals surface area contributed by atoms with Crippen molar-refractivity contribution < 1.29 is 13.2 Å². The fourth-order valence-corrected chi connectivity index (χ4v) is 3.64. The molecule has 0 bridgehead atoms. The maximum absolute atomic E-state index is 13.1. The molecule has 0 saturated carbocycles. The van der Waals surface area contributed by atoms with E-state index >= 15 is 0 Å². The summed E-state index contributed by atoms with van der Waals surface area (Å²) in [5.41, 5.74) is -1.02. The first kappa shape index (κ1) is 17.5. The summed E-state index contributed by atoms with van der Waals surface area (Å²) in [4.78, 5) is 13.8. The highest BCUT2D eigenvalue weighted by Gasteiger charge is 2.34. The van der Waals surface area contributed by atoms with Crippen molar-refractivity contribution >= 4 is 5.65 Å². The van der Waals surface area contributed by atoms with E-state index < -0.39 is 27.6 Å². The summed E-state index contributed by atoms with van der Waals surface area (Å²) in [6, 6.07) is 2.69. The quantitative estimate of drug-likeness (QED) is 0.551. The first-order valence-electron chi connectivity index (χ1n) is 8.32. The third kappa shape index (κ3) is 2.93. The van der Waals surface area contributed by atoms with Gasteiger partial charge in [0.05, 0.1) is 17.0 Å². The minimum Gasteiger partial charge on any atom is -0.612 e. The van der Waals surface area contributed by atoms with Crippen LogP contribution in [0.15, 0.2) is 23.0 Å². The van der Waals surface area contributed by atoms with E-state index in [0.29, 0.717) is 11.8 Å². The van der Waals surface area contributed by atoms with Crippen molar-refractivity contribution in [3.05, 3.63) is 55.6 Å². The van der Waals surface area contributed by atoms with Crippen LogP contribution in [0, 0.1) is 10.4 Å². The molecule has 27 heavy (non-hydrogen) atoms. The molecule has 0 amide bonds. The molecule has 3 heterocycles. The number of halogens is 3. The maximum Gasteiger partial charge on any atom is 0.416 e. The Kier molecular flexibility index (Phi) is 3.91. The van der Waals surface area contributed by atoms with Crippen molar-refractivity contribution in [3.8, 4) is 11.3 Å². The molecule has 0 radical (unpaired) electrons. The van der Waals surface area contributed by atoms with Crippen LogP contribution in [0.1, 0.15) is 30.0 Å². The number of H-pyrrole nitrogens is 2. The number of hydrogen-bond donors (Lipinski definition) is 3. The van der Waals surface area contributed by atoms with Gasteiger partial charge in [0.1, 0.15) is 11.2 Å². The summed E-state index contributed by atoms with van der Waals surface area (Å²) >= 11 is 0. The first-order valence-corrected chi connectivity index (χ1v) is 8.32. The predicted molar refractivity (Wildman–Crippen MR) is 90.8 cm³/mol. The zero-order valence-electron chi connectivity index (χ0n) is 13.9. The van der Waals surface area contributed by atoms with Crippen LogP contribution in [-0.2, 0) is 6.18 Å². The molecule has 0 unspecified atom stereocenters. The fourth-order valence-electron chi connectivity index (χ4n) is 3.64. The second kappa shape index (κ2) is 6.05. The average molecular weight is 382 g/mol. The van der Waals surface area contributed by atoms with E-state index in [4.69, 9.17) is 0 Å². The molecule has 3 aliphatic rings. The largest absolute Gasteiger partial charge is 0.612 e. The van der Waals surface area contributed by atoms with E-state index in [9.17, 15) is 28.4 Å². The van der Waals surface area contributed by atoms with E-state index in [1.54, 1.807) is 0 Å². The maximum atomic E-state index is 13.1. The monoisotopic (exact) mass is 382 g/mol. The topological polar surface area (TPSA) is 114 Å². The molecular weight excluding hydrogens is 367 g/mol. The number of alkyl halides is 3. The minimum atomic E-state index is -4.73. The number of nitrogens with zero attached hydrogens (tertiary/aromatic N) is 2. The zero-order valence-corrected chi connectivity index (χ0v) is 13.9. The number of aromatic nitrogens is 3. The Labute approximate surface area is 149 Å². The van der Waals surface area contributed by atoms with Gasteiger partial charge in [-0.25, -0.2) is 4.52 Å². The normalized spacial score (nSPS) is 16.3. The Morgan fingerprint density at radius 3 is 2.48 bits per heavy atom. The van der Waals surface area contributed by atoms with Gasteiger partial charge in [-0.1, -0.05) is 0 Å². The SMILES string of the molecule is O=c1cc(C2CCNCC2)n2[nH]c3cc(C(F)(F)F)cc(=[N+]([O-])[O-])c-3c2[nH]1. The summed E-state index contributed by atoms with van der Waals surface area (Å²) in [7, 11) is 0. The van der Waals surface area contributed by atoms with Gasteiger partial charge in [0.2, 0.25) is 5.36 Å². The number of fused-ring (bicyclic) bond motifs is 3. The van der Waals surface area contributed by atoms with E-state index in [1.807, 2.05) is 0 Å². The lowest BCUT2D eigenvalue weighted by molar-refractivity contribution is -0.137. The summed E-state index contributed by atoms with van der Waals surface area (Å²) in [5, 5.41) is 28.1. The summed E-state index contributed by atoms with van der Waals surface area (Å²) < 4.78 is 40.9. The van der Waals surface area contributed by atoms with Gasteiger partial charge in [0.25, 0.3) is 5.56 Å². The van der Waals surface area contributed by atoms with Crippen molar-refractivity contribution in [2.75, 3.05) is 13.1 Å². The van der Waals surface area contributed by atoms with Crippen LogP contribution in [-0.4, -0.2) is 27.7 Å². The Bertz CT molecular complexity index is 1100. The predicted octanol–water partition coefficient (Wildman–Crippen LogP) is 1.31. The van der Waals surface area contributed by atoms with Crippen molar-refractivity contribution in [3.63, 3.8) is 0 Å². The van der Waals surface area contributed by atoms with E-state index in [2.05, 4.69) is 15.4 Å². The summed E-state index contributed by atoms with van der Waals surface area (Å²) in [5.74, 6) is 0.00950. The lowest BCUT2D eigenvalue weighted by Gasteiger charge is -2.23. The van der Waals surface area contributed by atoms with Gasteiger partial charge in [-0.3, -0.25) is 9.89 Å². The van der Waals surface area contributed by atoms with Gasteiger partial charge in [-0.2, -0.15) is 18.1 Å². The third-order valence-corrected chi connectivity index (χ3v) is 4.87. The molecule has 11 heteroatoms. The Hall–Kier alpha value is -2.95. The van der Waals surface area contributed by atoms with Crippen LogP contribution in [0.4, 0.5) is 13.2 Å². The minimum absolute atomic E-state index is 0.00950. The van der Waals surface area contributed by atoms with Crippen molar-refractivity contribution in [2.24, 2.45) is 0 Å². The van der Waals surface area contributed by atoms with Crippen LogP contribution in [0.5, 0.6) is 0 Å². The number of benzene rings is 1. The first-order chi connectivity index (χ1) is 12.8. The van der Waals surface area contributed by atoms with Gasteiger partial charge in [0.15, 0.2) is 0 Å². The molecule has 1 aromatic heterocycles. The molecular formula is C16H15F3N5O3-. The molecule has 2 aliphatic heterocycles. The van der Waals surface area contributed by atoms with Crippen molar-refractivity contribution in [1.82, 2.24) is 24.8 Å². The Balaban J connectivity index is 2.09. The number of nitrogens with one attached hydrogen (secondary N) is 3. The molecule has 144 valence electrons. The van der Waals surface area contributed by atoms with Crippen molar-refractivity contribution in [1.29, 1.82) is 0 Å². The molecule has 1 aromatic rings. The van der Waals surface area contributed by atoms with Crippen LogP contribution >= 0.6 is 0 Å². The number of aromatic amines is 2. The molecule has 0 aromatic carbocycles. The zero-order chi connectivity index (χ0) is 19.3. The third-order valence-electron chi connectivity index (χ3n) is 4.87. The molecule has 4 rings (SSSR count). The molecule has 3 N–H and O–H groups in total. The van der Waals surface area contributed by atoms with Gasteiger partial charge >= 0.3 is 6.18 Å². The molecule has 1 saturated heterocycles. The number of rotatable bonds is 1. The lowest BCUT2D eigenvalue weighted by Crippen LogP contribution is -2.28. The van der Waals surface area contributed by atoms with Crippen LogP contribution in [0.2, 0.25) is 0 Å². The van der Waals surface area contributed by atoms with Gasteiger partial charge < -0.3 is 20.7 Å². The average Bonchev–Trinajstić information content (AvgIpc) is 2.98. The molecule has 1 aliphatic carbocycles. The standard InChI is InChI=1S/C16H15F3N5O3/c17-16(18,19)9-5-10-14(12(6-9)24(26)27)15-21-13(25)7-11(23(15)22-10)8-1-3-20-4-2-8/h5-8,20,22H,1-4H2,(H-,21,25,26,27)/q-1. The Morgan fingerprint density at radius 2 is 1.85 bits per heavy atom. The van der Waals surface area contributed by atoms with Crippen LogP contribution in [0.25, 0.3) is 16.9 Å². The smallest absolute Gasteiger partial charge is 0.416 e. The summed E-state index contributed by atoms with van der Waals surface area (Å²) in [6.45, 7) is 1.50. The molecule has 0 spiro atoms. The van der Waals surface area contributed by atoms with E-state index in [1.165, 1.54) is 10.6 Å². The highest BCUT2D eigenvalue weighted by molar-refractivity contribution is 5.77. The molecule has 8 nitrogen and oxygen atoms in total. The lowest BCUT2D eigenvalue weighted by atomic mass is 9.94.